The molecule has 1 aliphatic heterocycles. The highest BCUT2D eigenvalue weighted by atomic mass is 16.2. The first-order valence-electron chi connectivity index (χ1n) is 10.2. The molecule has 1 heterocycles. The molecule has 2 aromatic carbocycles. The summed E-state index contributed by atoms with van der Waals surface area (Å²) in [5, 5.41) is 3.11. The van der Waals surface area contributed by atoms with Crippen LogP contribution in [0, 0.1) is 6.92 Å². The number of likely N-dealkylation sites (N-methyl/N-ethyl adjacent to an activating group) is 1. The van der Waals surface area contributed by atoms with E-state index in [1.165, 1.54) is 5.69 Å². The van der Waals surface area contributed by atoms with Crippen LogP contribution < -0.4 is 10.2 Å². The molecule has 0 saturated carbocycles. The fourth-order valence-electron chi connectivity index (χ4n) is 3.57. The van der Waals surface area contributed by atoms with E-state index in [9.17, 15) is 4.79 Å². The minimum absolute atomic E-state index is 0.0406. The highest BCUT2D eigenvalue weighted by Gasteiger charge is 2.17. The molecule has 1 saturated heterocycles. The number of urea groups is 1. The summed E-state index contributed by atoms with van der Waals surface area (Å²) >= 11 is 0. The maximum atomic E-state index is 12.9. The fourth-order valence-corrected chi connectivity index (χ4v) is 3.57. The van der Waals surface area contributed by atoms with E-state index in [2.05, 4.69) is 60.3 Å². The van der Waals surface area contributed by atoms with Crippen LogP contribution in [0.4, 0.5) is 16.2 Å². The van der Waals surface area contributed by atoms with Gasteiger partial charge in [-0.05, 0) is 49.7 Å². The Morgan fingerprint density at radius 2 is 1.79 bits per heavy atom. The number of nitrogens with one attached hydrogen (secondary N) is 1. The Morgan fingerprint density at radius 3 is 2.43 bits per heavy atom. The molecule has 3 rings (SSSR count). The molecule has 150 valence electrons. The average Bonchev–Trinajstić information content (AvgIpc) is 2.70. The maximum Gasteiger partial charge on any atom is 0.322 e. The molecule has 28 heavy (non-hydrogen) atoms. The van der Waals surface area contributed by atoms with Crippen LogP contribution in [-0.4, -0.2) is 55.6 Å². The summed E-state index contributed by atoms with van der Waals surface area (Å²) in [6.45, 7) is 9.79. The molecule has 0 aliphatic carbocycles. The van der Waals surface area contributed by atoms with E-state index in [0.717, 1.165) is 56.0 Å². The van der Waals surface area contributed by atoms with E-state index in [4.69, 9.17) is 0 Å². The Hall–Kier alpha value is -2.53. The number of benzene rings is 2. The smallest absolute Gasteiger partial charge is 0.322 e. The van der Waals surface area contributed by atoms with Crippen molar-refractivity contribution >= 4 is 17.4 Å². The summed E-state index contributed by atoms with van der Waals surface area (Å²) in [6, 6.07) is 16.4. The standard InChI is InChI=1S/C23H32N4O/c1-4-12-27(18-20-8-6-5-7-9-20)23(28)24-22-11-10-21(17-19(22)2)26-15-13-25(3)14-16-26/h5-11,17H,4,12-16,18H2,1-3H3,(H,24,28). The number of hydrogen-bond acceptors (Lipinski definition) is 3. The van der Waals surface area contributed by atoms with Gasteiger partial charge in [-0.15, -0.1) is 0 Å². The Morgan fingerprint density at radius 1 is 1.07 bits per heavy atom. The van der Waals surface area contributed by atoms with Crippen molar-refractivity contribution < 1.29 is 4.79 Å². The van der Waals surface area contributed by atoms with Gasteiger partial charge in [0.1, 0.15) is 0 Å². The molecule has 2 aromatic rings. The molecule has 0 bridgehead atoms. The number of rotatable bonds is 6. The van der Waals surface area contributed by atoms with E-state index in [0.29, 0.717) is 6.54 Å². The topological polar surface area (TPSA) is 38.8 Å². The third kappa shape index (κ3) is 5.26. The van der Waals surface area contributed by atoms with Crippen LogP contribution in [0.3, 0.4) is 0 Å². The van der Waals surface area contributed by atoms with Gasteiger partial charge in [0.05, 0.1) is 0 Å². The van der Waals surface area contributed by atoms with Gasteiger partial charge < -0.3 is 20.0 Å². The van der Waals surface area contributed by atoms with Crippen molar-refractivity contribution in [2.24, 2.45) is 0 Å². The van der Waals surface area contributed by atoms with Crippen LogP contribution in [0.5, 0.6) is 0 Å². The van der Waals surface area contributed by atoms with Crippen LogP contribution >= 0.6 is 0 Å². The summed E-state index contributed by atoms with van der Waals surface area (Å²) in [5.74, 6) is 0. The molecule has 1 fully saturated rings. The highest BCUT2D eigenvalue weighted by molar-refractivity contribution is 5.90. The van der Waals surface area contributed by atoms with Gasteiger partial charge in [-0.2, -0.15) is 0 Å². The number of aryl methyl sites for hydroxylation is 1. The van der Waals surface area contributed by atoms with Crippen molar-refractivity contribution in [1.82, 2.24) is 9.80 Å². The number of carbonyl (C=O) groups excluding carboxylic acids is 1. The quantitative estimate of drug-likeness (QED) is 0.817. The van der Waals surface area contributed by atoms with Gasteiger partial charge in [0.2, 0.25) is 0 Å². The second-order valence-electron chi connectivity index (χ2n) is 7.63. The number of amides is 2. The van der Waals surface area contributed by atoms with Crippen molar-refractivity contribution in [1.29, 1.82) is 0 Å². The number of carbonyl (C=O) groups is 1. The predicted molar refractivity (Wildman–Crippen MR) is 117 cm³/mol. The van der Waals surface area contributed by atoms with Gasteiger partial charge in [0, 0.05) is 50.6 Å². The van der Waals surface area contributed by atoms with Gasteiger partial charge in [-0.3, -0.25) is 0 Å². The molecular formula is C23H32N4O. The number of nitrogens with zero attached hydrogens (tertiary/aromatic N) is 3. The number of anilines is 2. The van der Waals surface area contributed by atoms with Crippen molar-refractivity contribution in [2.75, 3.05) is 50.0 Å². The molecular weight excluding hydrogens is 348 g/mol. The van der Waals surface area contributed by atoms with Crippen molar-refractivity contribution in [2.45, 2.75) is 26.8 Å². The van der Waals surface area contributed by atoms with Crippen LogP contribution in [-0.2, 0) is 6.54 Å². The van der Waals surface area contributed by atoms with Gasteiger partial charge in [-0.1, -0.05) is 37.3 Å². The third-order valence-electron chi connectivity index (χ3n) is 5.32. The van der Waals surface area contributed by atoms with Crippen molar-refractivity contribution in [3.63, 3.8) is 0 Å². The molecule has 2 amide bonds. The predicted octanol–water partition coefficient (Wildman–Crippen LogP) is 4.19. The second-order valence-corrected chi connectivity index (χ2v) is 7.63. The fraction of sp³-hybridized carbons (Fsp3) is 0.435. The highest BCUT2D eigenvalue weighted by Crippen LogP contribution is 2.24. The molecule has 0 unspecified atom stereocenters. The Balaban J connectivity index is 1.66. The monoisotopic (exact) mass is 380 g/mol. The average molecular weight is 381 g/mol. The van der Waals surface area contributed by atoms with E-state index in [1.54, 1.807) is 0 Å². The van der Waals surface area contributed by atoms with E-state index < -0.39 is 0 Å². The number of hydrogen-bond donors (Lipinski definition) is 1. The maximum absolute atomic E-state index is 12.9. The lowest BCUT2D eigenvalue weighted by atomic mass is 10.1. The third-order valence-corrected chi connectivity index (χ3v) is 5.32. The molecule has 0 radical (unpaired) electrons. The molecule has 5 nitrogen and oxygen atoms in total. The van der Waals surface area contributed by atoms with Crippen LogP contribution in [0.15, 0.2) is 48.5 Å². The Bertz CT molecular complexity index is 769. The summed E-state index contributed by atoms with van der Waals surface area (Å²) in [4.78, 5) is 19.5. The van der Waals surface area contributed by atoms with Crippen LogP contribution in [0.2, 0.25) is 0 Å². The molecule has 0 aromatic heterocycles. The van der Waals surface area contributed by atoms with Crippen LogP contribution in [0.1, 0.15) is 24.5 Å². The summed E-state index contributed by atoms with van der Waals surface area (Å²) in [7, 11) is 2.17. The lowest BCUT2D eigenvalue weighted by Crippen LogP contribution is -2.44. The zero-order chi connectivity index (χ0) is 19.9. The first-order valence-corrected chi connectivity index (χ1v) is 10.2. The van der Waals surface area contributed by atoms with Gasteiger partial charge >= 0.3 is 6.03 Å². The lowest BCUT2D eigenvalue weighted by molar-refractivity contribution is 0.209. The van der Waals surface area contributed by atoms with E-state index in [1.807, 2.05) is 29.2 Å². The lowest BCUT2D eigenvalue weighted by Gasteiger charge is -2.34. The van der Waals surface area contributed by atoms with Gasteiger partial charge in [0.15, 0.2) is 0 Å². The van der Waals surface area contributed by atoms with Crippen LogP contribution in [0.25, 0.3) is 0 Å². The minimum Gasteiger partial charge on any atom is -0.369 e. The molecule has 0 atom stereocenters. The Labute approximate surface area is 168 Å². The largest absolute Gasteiger partial charge is 0.369 e. The Kier molecular flexibility index (Phi) is 6.93. The molecule has 1 aliphatic rings. The van der Waals surface area contributed by atoms with Gasteiger partial charge in [-0.25, -0.2) is 4.79 Å². The first-order chi connectivity index (χ1) is 13.6. The molecule has 0 spiro atoms. The van der Waals surface area contributed by atoms with Gasteiger partial charge in [0.25, 0.3) is 0 Å². The second kappa shape index (κ2) is 9.60. The zero-order valence-electron chi connectivity index (χ0n) is 17.3. The SMILES string of the molecule is CCCN(Cc1ccccc1)C(=O)Nc1ccc(N2CCN(C)CC2)cc1C. The summed E-state index contributed by atoms with van der Waals surface area (Å²) in [6.07, 6.45) is 0.932. The zero-order valence-corrected chi connectivity index (χ0v) is 17.3. The first kappa shape index (κ1) is 20.2. The van der Waals surface area contributed by atoms with Crippen molar-refractivity contribution in [3.05, 3.63) is 59.7 Å². The van der Waals surface area contributed by atoms with E-state index in [-0.39, 0.29) is 6.03 Å². The number of piperazine rings is 1. The molecule has 5 heteroatoms. The normalized spacial score (nSPS) is 14.8. The van der Waals surface area contributed by atoms with E-state index >= 15 is 0 Å². The minimum atomic E-state index is -0.0406. The molecule has 1 N–H and O–H groups in total. The summed E-state index contributed by atoms with van der Waals surface area (Å²) < 4.78 is 0. The summed E-state index contributed by atoms with van der Waals surface area (Å²) in [5.41, 5.74) is 4.37. The van der Waals surface area contributed by atoms with Crippen molar-refractivity contribution in [3.8, 4) is 0 Å².